The number of hydrogen-bond donors (Lipinski definition) is 1. The van der Waals surface area contributed by atoms with Crippen molar-refractivity contribution in [1.82, 2.24) is 19.6 Å². The maximum Gasteiger partial charge on any atom is 0.270 e. The van der Waals surface area contributed by atoms with Crippen molar-refractivity contribution < 1.29 is 17.9 Å². The fourth-order valence-corrected chi connectivity index (χ4v) is 3.04. The Bertz CT molecular complexity index is 662. The second kappa shape index (κ2) is 7.33. The summed E-state index contributed by atoms with van der Waals surface area (Å²) in [5.74, 6) is 0.414. The highest BCUT2D eigenvalue weighted by Crippen LogP contribution is 2.10. The summed E-state index contributed by atoms with van der Waals surface area (Å²) in [6, 6.07) is 1.55. The molecule has 1 saturated heterocycles. The minimum atomic E-state index is -3.24. The van der Waals surface area contributed by atoms with Crippen LogP contribution in [0.3, 0.4) is 0 Å². The topological polar surface area (TPSA) is 101 Å². The molecule has 1 aromatic heterocycles. The lowest BCUT2D eigenvalue weighted by Gasteiger charge is -2.31. The van der Waals surface area contributed by atoms with E-state index < -0.39 is 10.0 Å². The second-order valence-corrected chi connectivity index (χ2v) is 7.76. The summed E-state index contributed by atoms with van der Waals surface area (Å²) >= 11 is 0. The van der Waals surface area contributed by atoms with Crippen molar-refractivity contribution in [2.24, 2.45) is 0 Å². The molecule has 0 aliphatic carbocycles. The first kappa shape index (κ1) is 17.8. The minimum Gasteiger partial charge on any atom is -0.374 e. The average molecular weight is 342 g/mol. The standard InChI is InChI=1S/C14H22N4O4S/c1-10(2)13-15-5-4-12(17-13)14(19)16-8-11-9-18(6-7-22-11)23(3,20)21/h4-5,10-11H,6-9H2,1-3H3,(H,16,19)/t11-/m0/s1. The largest absolute Gasteiger partial charge is 0.374 e. The molecule has 1 aliphatic heterocycles. The van der Waals surface area contributed by atoms with Crippen LogP contribution in [0.4, 0.5) is 0 Å². The molecular formula is C14H22N4O4S. The van der Waals surface area contributed by atoms with Gasteiger partial charge >= 0.3 is 0 Å². The zero-order valence-corrected chi connectivity index (χ0v) is 14.3. The molecule has 0 aromatic carbocycles. The van der Waals surface area contributed by atoms with E-state index in [1.807, 2.05) is 13.8 Å². The molecule has 128 valence electrons. The molecule has 1 fully saturated rings. The van der Waals surface area contributed by atoms with Gasteiger partial charge in [0.05, 0.1) is 19.0 Å². The van der Waals surface area contributed by atoms with Crippen LogP contribution in [0.2, 0.25) is 0 Å². The third-order valence-electron chi connectivity index (χ3n) is 3.48. The van der Waals surface area contributed by atoms with Gasteiger partial charge in [-0.15, -0.1) is 0 Å². The summed E-state index contributed by atoms with van der Waals surface area (Å²) in [5, 5.41) is 2.73. The van der Waals surface area contributed by atoms with Crippen LogP contribution < -0.4 is 5.32 Å². The van der Waals surface area contributed by atoms with Crippen LogP contribution in [0.1, 0.15) is 36.1 Å². The van der Waals surface area contributed by atoms with Crippen molar-refractivity contribution in [3.05, 3.63) is 23.8 Å². The molecule has 8 nitrogen and oxygen atoms in total. The molecule has 23 heavy (non-hydrogen) atoms. The molecule has 2 heterocycles. The molecule has 0 unspecified atom stereocenters. The maximum absolute atomic E-state index is 12.2. The van der Waals surface area contributed by atoms with E-state index in [-0.39, 0.29) is 31.0 Å². The van der Waals surface area contributed by atoms with Gasteiger partial charge in [-0.2, -0.15) is 4.31 Å². The van der Waals surface area contributed by atoms with Crippen LogP contribution in [-0.4, -0.2) is 67.2 Å². The number of amides is 1. The molecule has 1 N–H and O–H groups in total. The second-order valence-electron chi connectivity index (χ2n) is 5.78. The summed E-state index contributed by atoms with van der Waals surface area (Å²) in [6.07, 6.45) is 2.36. The molecule has 2 rings (SSSR count). The first-order chi connectivity index (χ1) is 10.8. The van der Waals surface area contributed by atoms with E-state index in [1.54, 1.807) is 12.3 Å². The van der Waals surface area contributed by atoms with Gasteiger partial charge in [-0.3, -0.25) is 4.79 Å². The highest BCUT2D eigenvalue weighted by molar-refractivity contribution is 7.88. The highest BCUT2D eigenvalue weighted by Gasteiger charge is 2.26. The maximum atomic E-state index is 12.2. The molecule has 1 aromatic rings. The fourth-order valence-electron chi connectivity index (χ4n) is 2.19. The van der Waals surface area contributed by atoms with Crippen LogP contribution in [-0.2, 0) is 14.8 Å². The number of carbonyl (C=O) groups excluding carboxylic acids is 1. The van der Waals surface area contributed by atoms with E-state index in [1.165, 1.54) is 10.6 Å². The average Bonchev–Trinajstić information content (AvgIpc) is 2.52. The third kappa shape index (κ3) is 4.95. The summed E-state index contributed by atoms with van der Waals surface area (Å²) in [5.41, 5.74) is 0.291. The van der Waals surface area contributed by atoms with Gasteiger partial charge in [-0.25, -0.2) is 18.4 Å². The van der Waals surface area contributed by atoms with Gasteiger partial charge in [0, 0.05) is 31.7 Å². The number of sulfonamides is 1. The van der Waals surface area contributed by atoms with Gasteiger partial charge < -0.3 is 10.1 Å². The smallest absolute Gasteiger partial charge is 0.270 e. The van der Waals surface area contributed by atoms with Crippen LogP contribution in [0, 0.1) is 0 Å². The summed E-state index contributed by atoms with van der Waals surface area (Å²) in [4.78, 5) is 20.5. The summed E-state index contributed by atoms with van der Waals surface area (Å²) < 4.78 is 30.0. The van der Waals surface area contributed by atoms with E-state index in [2.05, 4.69) is 15.3 Å². The van der Waals surface area contributed by atoms with E-state index >= 15 is 0 Å². The van der Waals surface area contributed by atoms with Crippen molar-refractivity contribution in [3.63, 3.8) is 0 Å². The quantitative estimate of drug-likeness (QED) is 0.807. The van der Waals surface area contributed by atoms with Gasteiger partial charge in [-0.1, -0.05) is 13.8 Å². The Morgan fingerprint density at radius 3 is 2.91 bits per heavy atom. The van der Waals surface area contributed by atoms with E-state index in [9.17, 15) is 13.2 Å². The number of nitrogens with one attached hydrogen (secondary N) is 1. The SMILES string of the molecule is CC(C)c1nccc(C(=O)NC[C@H]2CN(S(C)(=O)=O)CCO2)n1. The Balaban J connectivity index is 1.93. The molecule has 0 radical (unpaired) electrons. The van der Waals surface area contributed by atoms with Crippen LogP contribution in [0.25, 0.3) is 0 Å². The minimum absolute atomic E-state index is 0.132. The first-order valence-corrected chi connectivity index (χ1v) is 9.30. The van der Waals surface area contributed by atoms with Crippen molar-refractivity contribution >= 4 is 15.9 Å². The molecule has 1 amide bonds. The molecule has 9 heteroatoms. The zero-order valence-electron chi connectivity index (χ0n) is 13.5. The lowest BCUT2D eigenvalue weighted by atomic mass is 10.2. The van der Waals surface area contributed by atoms with Crippen molar-refractivity contribution in [2.45, 2.75) is 25.9 Å². The normalized spacial score (nSPS) is 19.7. The number of hydrogen-bond acceptors (Lipinski definition) is 6. The Morgan fingerprint density at radius 1 is 1.52 bits per heavy atom. The van der Waals surface area contributed by atoms with Crippen molar-refractivity contribution in [3.8, 4) is 0 Å². The predicted octanol–water partition coefficient (Wildman–Crippen LogP) is -0.00980. The lowest BCUT2D eigenvalue weighted by Crippen LogP contribution is -2.49. The molecule has 0 saturated carbocycles. The Kier molecular flexibility index (Phi) is 5.66. The molecule has 1 aliphatic rings. The molecular weight excluding hydrogens is 320 g/mol. The number of rotatable bonds is 5. The van der Waals surface area contributed by atoms with Crippen LogP contribution >= 0.6 is 0 Å². The lowest BCUT2D eigenvalue weighted by molar-refractivity contribution is 0.000410. The number of carbonyl (C=O) groups is 1. The third-order valence-corrected chi connectivity index (χ3v) is 4.75. The van der Waals surface area contributed by atoms with E-state index in [4.69, 9.17) is 4.74 Å². The zero-order chi connectivity index (χ0) is 17.0. The van der Waals surface area contributed by atoms with Gasteiger partial charge in [0.25, 0.3) is 5.91 Å². The van der Waals surface area contributed by atoms with Gasteiger partial charge in [0.2, 0.25) is 10.0 Å². The number of ether oxygens (including phenoxy) is 1. The molecule has 0 spiro atoms. The Hall–Kier alpha value is -1.58. The Labute approximate surface area is 136 Å². The van der Waals surface area contributed by atoms with E-state index in [0.717, 1.165) is 0 Å². The predicted molar refractivity (Wildman–Crippen MR) is 84.6 cm³/mol. The van der Waals surface area contributed by atoms with Crippen LogP contribution in [0.15, 0.2) is 12.3 Å². The van der Waals surface area contributed by atoms with Gasteiger partial charge in [-0.05, 0) is 6.07 Å². The monoisotopic (exact) mass is 342 g/mol. The first-order valence-electron chi connectivity index (χ1n) is 7.45. The van der Waals surface area contributed by atoms with Crippen LogP contribution in [0.5, 0.6) is 0 Å². The summed E-state index contributed by atoms with van der Waals surface area (Å²) in [7, 11) is -3.24. The number of morpholine rings is 1. The number of nitrogens with zero attached hydrogens (tertiary/aromatic N) is 3. The van der Waals surface area contributed by atoms with Crippen molar-refractivity contribution in [2.75, 3.05) is 32.5 Å². The fraction of sp³-hybridized carbons (Fsp3) is 0.643. The molecule has 1 atom stereocenters. The number of aromatic nitrogens is 2. The van der Waals surface area contributed by atoms with Crippen molar-refractivity contribution in [1.29, 1.82) is 0 Å². The highest BCUT2D eigenvalue weighted by atomic mass is 32.2. The molecule has 0 bridgehead atoms. The van der Waals surface area contributed by atoms with E-state index in [0.29, 0.717) is 24.7 Å². The van der Waals surface area contributed by atoms with Gasteiger partial charge in [0.1, 0.15) is 11.5 Å². The Morgan fingerprint density at radius 2 is 2.26 bits per heavy atom. The summed E-state index contributed by atoms with van der Waals surface area (Å²) in [6.45, 7) is 5.02. The van der Waals surface area contributed by atoms with Gasteiger partial charge in [0.15, 0.2) is 0 Å².